The summed E-state index contributed by atoms with van der Waals surface area (Å²) >= 11 is 0. The molecular weight excluding hydrogens is 490 g/mol. The molecule has 1 rings (SSSR count). The molecule has 1 heterocycles. The Balaban J connectivity index is 3.17. The first-order chi connectivity index (χ1) is 17.1. The molecule has 0 radical (unpaired) electrons. The van der Waals surface area contributed by atoms with Crippen LogP contribution in [0.4, 0.5) is 9.59 Å². The van der Waals surface area contributed by atoms with E-state index in [-0.39, 0.29) is 38.4 Å². The summed E-state index contributed by atoms with van der Waals surface area (Å²) in [5.74, 6) is 0. The first kappa shape index (κ1) is 31.5. The molecule has 1 aromatic heterocycles. The minimum atomic E-state index is -1.01. The van der Waals surface area contributed by atoms with Gasteiger partial charge in [0, 0.05) is 29.8 Å². The fraction of sp³-hybridized carbons (Fsp3) is 0.739. The van der Waals surface area contributed by atoms with Crippen LogP contribution >= 0.6 is 0 Å². The second kappa shape index (κ2) is 13.7. The summed E-state index contributed by atoms with van der Waals surface area (Å²) in [7, 11) is 0. The highest BCUT2D eigenvalue weighted by molar-refractivity contribution is 5.61. The van der Waals surface area contributed by atoms with Crippen molar-refractivity contribution < 1.29 is 33.3 Å². The van der Waals surface area contributed by atoms with Crippen molar-refractivity contribution in [2.45, 2.75) is 98.5 Å². The molecule has 37 heavy (non-hydrogen) atoms. The minimum Gasteiger partial charge on any atom is -0.431 e. The second-order valence-electron chi connectivity index (χ2n) is 10.1. The standard InChI is InChI=1S/C23H37N5O9/c1-9-16(35-21(32)37-23(6,7)8)17(13-33-20(31)36-22(3,4)5)34-14-27-12-15(2)18(29)28(19(27)30)11-10-25-26-24/h12,16-17H,9-11,13-14H2,1-8H3/t16-,17?/m0/s1. The molecule has 0 aliphatic rings. The Hall–Kier alpha value is -3.51. The summed E-state index contributed by atoms with van der Waals surface area (Å²) in [6.07, 6.45) is -2.24. The minimum absolute atomic E-state index is 0.0933. The molecule has 0 bridgehead atoms. The van der Waals surface area contributed by atoms with Crippen LogP contribution in [0.1, 0.15) is 60.5 Å². The number of carbonyl (C=O) groups is 2. The SMILES string of the molecule is CC[C@H](OC(=O)OC(C)(C)C)C(COC(=O)OC(C)(C)C)OCn1cc(C)c(=O)n(CCN=[N+]=[N-])c1=O. The maximum Gasteiger partial charge on any atom is 0.509 e. The van der Waals surface area contributed by atoms with Crippen molar-refractivity contribution in [2.75, 3.05) is 13.2 Å². The Morgan fingerprint density at radius 1 is 1.05 bits per heavy atom. The van der Waals surface area contributed by atoms with Gasteiger partial charge in [0.1, 0.15) is 36.7 Å². The van der Waals surface area contributed by atoms with Gasteiger partial charge in [-0.25, -0.2) is 14.4 Å². The topological polar surface area (TPSA) is 173 Å². The fourth-order valence-electron chi connectivity index (χ4n) is 2.97. The van der Waals surface area contributed by atoms with E-state index < -0.39 is 47.0 Å². The van der Waals surface area contributed by atoms with Gasteiger partial charge in [-0.1, -0.05) is 12.0 Å². The summed E-state index contributed by atoms with van der Waals surface area (Å²) < 4.78 is 28.9. The second-order valence-corrected chi connectivity index (χ2v) is 10.1. The van der Waals surface area contributed by atoms with Crippen molar-refractivity contribution in [3.8, 4) is 0 Å². The maximum atomic E-state index is 12.8. The third-order valence-electron chi connectivity index (χ3n) is 4.53. The highest BCUT2D eigenvalue weighted by Crippen LogP contribution is 2.16. The molecule has 208 valence electrons. The van der Waals surface area contributed by atoms with Crippen LogP contribution in [0.3, 0.4) is 0 Å². The van der Waals surface area contributed by atoms with Gasteiger partial charge in [0.05, 0.1) is 0 Å². The molecule has 0 spiro atoms. The Labute approximate surface area is 215 Å². The van der Waals surface area contributed by atoms with Crippen molar-refractivity contribution in [2.24, 2.45) is 5.11 Å². The summed E-state index contributed by atoms with van der Waals surface area (Å²) in [5, 5.41) is 3.36. The molecule has 0 N–H and O–H groups in total. The van der Waals surface area contributed by atoms with E-state index in [1.165, 1.54) is 13.1 Å². The van der Waals surface area contributed by atoms with Gasteiger partial charge in [0.25, 0.3) is 5.56 Å². The number of hydrogen-bond donors (Lipinski definition) is 0. The molecule has 14 nitrogen and oxygen atoms in total. The Morgan fingerprint density at radius 3 is 2.19 bits per heavy atom. The lowest BCUT2D eigenvalue weighted by Gasteiger charge is -2.28. The smallest absolute Gasteiger partial charge is 0.431 e. The highest BCUT2D eigenvalue weighted by atomic mass is 16.8. The Kier molecular flexibility index (Phi) is 11.7. The van der Waals surface area contributed by atoms with E-state index in [4.69, 9.17) is 29.2 Å². The van der Waals surface area contributed by atoms with E-state index in [0.29, 0.717) is 0 Å². The zero-order valence-electron chi connectivity index (χ0n) is 22.7. The molecule has 0 aromatic carbocycles. The zero-order chi connectivity index (χ0) is 28.4. The third-order valence-corrected chi connectivity index (χ3v) is 4.53. The normalized spacial score (nSPS) is 13.2. The molecule has 0 aliphatic carbocycles. The molecule has 1 aromatic rings. The average molecular weight is 528 g/mol. The molecule has 0 saturated heterocycles. The van der Waals surface area contributed by atoms with Gasteiger partial charge in [-0.05, 0) is 60.4 Å². The highest BCUT2D eigenvalue weighted by Gasteiger charge is 2.30. The van der Waals surface area contributed by atoms with Crippen LogP contribution in [0.15, 0.2) is 20.9 Å². The van der Waals surface area contributed by atoms with Gasteiger partial charge in [-0.2, -0.15) is 0 Å². The van der Waals surface area contributed by atoms with Crippen molar-refractivity contribution in [1.29, 1.82) is 0 Å². The predicted molar refractivity (Wildman–Crippen MR) is 132 cm³/mol. The van der Waals surface area contributed by atoms with Crippen LogP contribution in [0.2, 0.25) is 0 Å². The van der Waals surface area contributed by atoms with E-state index in [1.807, 2.05) is 0 Å². The molecule has 14 heteroatoms. The number of aryl methyl sites for hydroxylation is 1. The first-order valence-corrected chi connectivity index (χ1v) is 11.8. The first-order valence-electron chi connectivity index (χ1n) is 11.8. The van der Waals surface area contributed by atoms with Gasteiger partial charge in [-0.15, -0.1) is 0 Å². The lowest BCUT2D eigenvalue weighted by atomic mass is 10.1. The predicted octanol–water partition coefficient (Wildman–Crippen LogP) is 3.65. The van der Waals surface area contributed by atoms with Crippen molar-refractivity contribution >= 4 is 12.3 Å². The largest absolute Gasteiger partial charge is 0.509 e. The molecule has 0 aliphatic heterocycles. The van der Waals surface area contributed by atoms with Gasteiger partial charge in [0.15, 0.2) is 0 Å². The van der Waals surface area contributed by atoms with Gasteiger partial charge in [-0.3, -0.25) is 13.9 Å². The molecule has 2 atom stereocenters. The van der Waals surface area contributed by atoms with Crippen molar-refractivity contribution in [3.05, 3.63) is 43.0 Å². The lowest BCUT2D eigenvalue weighted by Crippen LogP contribution is -2.44. The van der Waals surface area contributed by atoms with Gasteiger partial charge in [0.2, 0.25) is 0 Å². The van der Waals surface area contributed by atoms with Crippen LogP contribution in [0.5, 0.6) is 0 Å². The zero-order valence-corrected chi connectivity index (χ0v) is 22.7. The van der Waals surface area contributed by atoms with Crippen LogP contribution in [-0.4, -0.2) is 58.0 Å². The fourth-order valence-corrected chi connectivity index (χ4v) is 2.97. The summed E-state index contributed by atoms with van der Waals surface area (Å²) in [6, 6.07) is 0. The quantitative estimate of drug-likeness (QED) is 0.180. The lowest BCUT2D eigenvalue weighted by molar-refractivity contribution is -0.118. The summed E-state index contributed by atoms with van der Waals surface area (Å²) in [5.41, 5.74) is 5.90. The molecule has 0 amide bonds. The number of carbonyl (C=O) groups excluding carboxylic acids is 2. The number of ether oxygens (including phenoxy) is 5. The number of rotatable bonds is 11. The summed E-state index contributed by atoms with van der Waals surface area (Å²) in [4.78, 5) is 52.2. The van der Waals surface area contributed by atoms with Gasteiger partial charge < -0.3 is 23.7 Å². The molecule has 0 fully saturated rings. The molecular formula is C23H37N5O9. The van der Waals surface area contributed by atoms with Crippen LogP contribution in [0, 0.1) is 6.92 Å². The Morgan fingerprint density at radius 2 is 1.65 bits per heavy atom. The van der Waals surface area contributed by atoms with E-state index in [9.17, 15) is 19.2 Å². The number of nitrogens with zero attached hydrogens (tertiary/aromatic N) is 5. The van der Waals surface area contributed by atoms with Crippen molar-refractivity contribution in [1.82, 2.24) is 9.13 Å². The molecule has 1 unspecified atom stereocenters. The van der Waals surface area contributed by atoms with E-state index in [1.54, 1.807) is 48.5 Å². The monoisotopic (exact) mass is 527 g/mol. The van der Waals surface area contributed by atoms with E-state index in [0.717, 1.165) is 9.13 Å². The number of azide groups is 1. The van der Waals surface area contributed by atoms with Crippen molar-refractivity contribution in [3.63, 3.8) is 0 Å². The number of hydrogen-bond acceptors (Lipinski definition) is 10. The van der Waals surface area contributed by atoms with E-state index in [2.05, 4.69) is 10.0 Å². The summed E-state index contributed by atoms with van der Waals surface area (Å²) in [6.45, 7) is 12.4. The van der Waals surface area contributed by atoms with Crippen LogP contribution in [-0.2, 0) is 37.0 Å². The Bertz CT molecular complexity index is 1090. The van der Waals surface area contributed by atoms with Crippen LogP contribution in [0.25, 0.3) is 10.4 Å². The molecule has 0 saturated carbocycles. The third kappa shape index (κ3) is 11.4. The van der Waals surface area contributed by atoms with E-state index >= 15 is 0 Å². The maximum absolute atomic E-state index is 12.8. The van der Waals surface area contributed by atoms with Gasteiger partial charge >= 0.3 is 18.0 Å². The number of aromatic nitrogens is 2. The average Bonchev–Trinajstić information content (AvgIpc) is 2.75. The van der Waals surface area contributed by atoms with Crippen LogP contribution < -0.4 is 11.2 Å².